The highest BCUT2D eigenvalue weighted by atomic mass is 16.6. The number of nitrogens with zero attached hydrogens (tertiary/aromatic N) is 3. The minimum Gasteiger partial charge on any atom is -0.486 e. The highest BCUT2D eigenvalue weighted by Crippen LogP contribution is 2.32. The second-order valence-electron chi connectivity index (χ2n) is 4.07. The van der Waals surface area contributed by atoms with Crippen LogP contribution in [0.2, 0.25) is 0 Å². The summed E-state index contributed by atoms with van der Waals surface area (Å²) in [6.07, 6.45) is 1.68. The molecule has 0 atom stereocenters. The first-order valence-electron chi connectivity index (χ1n) is 5.79. The monoisotopic (exact) mass is 246 g/mol. The Bertz CT molecular complexity index is 553. The molecule has 0 spiro atoms. The number of hydrogen-bond acceptors (Lipinski definition) is 5. The average molecular weight is 246 g/mol. The summed E-state index contributed by atoms with van der Waals surface area (Å²) in [7, 11) is 1.92. The number of aryl methyl sites for hydroxylation is 1. The van der Waals surface area contributed by atoms with Gasteiger partial charge in [-0.05, 0) is 12.1 Å². The number of aromatic nitrogens is 3. The summed E-state index contributed by atoms with van der Waals surface area (Å²) >= 11 is 0. The van der Waals surface area contributed by atoms with E-state index in [0.717, 1.165) is 23.0 Å². The van der Waals surface area contributed by atoms with E-state index in [2.05, 4.69) is 15.5 Å². The van der Waals surface area contributed by atoms with Crippen molar-refractivity contribution in [2.75, 3.05) is 18.5 Å². The van der Waals surface area contributed by atoms with Crippen molar-refractivity contribution in [2.24, 2.45) is 7.05 Å². The van der Waals surface area contributed by atoms with Crippen molar-refractivity contribution in [2.45, 2.75) is 6.54 Å². The third-order valence-corrected chi connectivity index (χ3v) is 2.80. The zero-order valence-electron chi connectivity index (χ0n) is 10.1. The molecular formula is C12H14N4O2. The Balaban J connectivity index is 1.71. The van der Waals surface area contributed by atoms with Crippen molar-refractivity contribution in [3.05, 3.63) is 30.4 Å². The van der Waals surface area contributed by atoms with Crippen molar-refractivity contribution in [1.82, 2.24) is 14.8 Å². The highest BCUT2D eigenvalue weighted by molar-refractivity contribution is 5.55. The second-order valence-corrected chi connectivity index (χ2v) is 4.07. The van der Waals surface area contributed by atoms with Crippen LogP contribution in [-0.2, 0) is 13.6 Å². The van der Waals surface area contributed by atoms with Crippen LogP contribution >= 0.6 is 0 Å². The minimum atomic E-state index is 0.597. The van der Waals surface area contributed by atoms with Crippen LogP contribution in [0.5, 0.6) is 11.5 Å². The molecule has 1 aromatic heterocycles. The van der Waals surface area contributed by atoms with Crippen molar-refractivity contribution in [3.63, 3.8) is 0 Å². The Kier molecular flexibility index (Phi) is 2.76. The topological polar surface area (TPSA) is 61.2 Å². The van der Waals surface area contributed by atoms with E-state index in [4.69, 9.17) is 9.47 Å². The van der Waals surface area contributed by atoms with Crippen LogP contribution in [0.1, 0.15) is 5.82 Å². The van der Waals surface area contributed by atoms with Crippen LogP contribution in [0, 0.1) is 0 Å². The molecule has 1 aliphatic rings. The molecule has 1 N–H and O–H groups in total. The van der Waals surface area contributed by atoms with Gasteiger partial charge >= 0.3 is 0 Å². The van der Waals surface area contributed by atoms with E-state index in [1.807, 2.05) is 29.8 Å². The lowest BCUT2D eigenvalue weighted by molar-refractivity contribution is 0.171. The standard InChI is InChI=1S/C12H14N4O2/c1-16-8-14-15-12(16)7-13-9-2-3-10-11(6-9)18-5-4-17-10/h2-3,6,8,13H,4-5,7H2,1H3. The van der Waals surface area contributed by atoms with Crippen molar-refractivity contribution in [1.29, 1.82) is 0 Å². The number of rotatable bonds is 3. The van der Waals surface area contributed by atoms with Crippen LogP contribution in [0.3, 0.4) is 0 Å². The number of nitrogens with one attached hydrogen (secondary N) is 1. The van der Waals surface area contributed by atoms with Crippen molar-refractivity contribution < 1.29 is 9.47 Å². The maximum absolute atomic E-state index is 5.53. The summed E-state index contributed by atoms with van der Waals surface area (Å²) in [6, 6.07) is 5.81. The fourth-order valence-electron chi connectivity index (χ4n) is 1.80. The number of hydrogen-bond donors (Lipinski definition) is 1. The molecule has 2 heterocycles. The zero-order chi connectivity index (χ0) is 12.4. The summed E-state index contributed by atoms with van der Waals surface area (Å²) < 4.78 is 12.9. The Morgan fingerprint density at radius 1 is 1.28 bits per heavy atom. The average Bonchev–Trinajstić information content (AvgIpc) is 2.82. The molecule has 0 amide bonds. The number of benzene rings is 1. The zero-order valence-corrected chi connectivity index (χ0v) is 10.1. The third-order valence-electron chi connectivity index (χ3n) is 2.80. The van der Waals surface area contributed by atoms with Crippen molar-refractivity contribution in [3.8, 4) is 11.5 Å². The summed E-state index contributed by atoms with van der Waals surface area (Å²) in [5.74, 6) is 2.46. The van der Waals surface area contributed by atoms with Crippen LogP contribution in [-0.4, -0.2) is 28.0 Å². The smallest absolute Gasteiger partial charge is 0.163 e. The van der Waals surface area contributed by atoms with Gasteiger partial charge in [0.15, 0.2) is 17.3 Å². The first-order chi connectivity index (χ1) is 8.83. The molecule has 6 heteroatoms. The predicted molar refractivity (Wildman–Crippen MR) is 65.8 cm³/mol. The molecule has 0 saturated heterocycles. The van der Waals surface area contributed by atoms with Gasteiger partial charge in [-0.3, -0.25) is 0 Å². The fourth-order valence-corrected chi connectivity index (χ4v) is 1.80. The van der Waals surface area contributed by atoms with Crippen LogP contribution in [0.4, 0.5) is 5.69 Å². The Labute approximate surface area is 105 Å². The molecule has 0 radical (unpaired) electrons. The van der Waals surface area contributed by atoms with Crippen LogP contribution < -0.4 is 14.8 Å². The first kappa shape index (κ1) is 10.9. The molecule has 0 fully saturated rings. The molecule has 0 aliphatic carbocycles. The summed E-state index contributed by atoms with van der Waals surface area (Å²) in [5, 5.41) is 11.1. The Morgan fingerprint density at radius 2 is 2.11 bits per heavy atom. The van der Waals surface area contributed by atoms with Crippen molar-refractivity contribution >= 4 is 5.69 Å². The van der Waals surface area contributed by atoms with Gasteiger partial charge in [0, 0.05) is 18.8 Å². The molecule has 0 bridgehead atoms. The molecule has 94 valence electrons. The number of ether oxygens (including phenoxy) is 2. The third kappa shape index (κ3) is 2.09. The van der Waals surface area contributed by atoms with Gasteiger partial charge in [0.25, 0.3) is 0 Å². The molecule has 0 saturated carbocycles. The first-order valence-corrected chi connectivity index (χ1v) is 5.79. The van der Waals surface area contributed by atoms with Gasteiger partial charge in [0.1, 0.15) is 19.5 Å². The highest BCUT2D eigenvalue weighted by Gasteiger charge is 2.11. The lowest BCUT2D eigenvalue weighted by Gasteiger charge is -2.19. The van der Waals surface area contributed by atoms with Gasteiger partial charge in [0.2, 0.25) is 0 Å². The predicted octanol–water partition coefficient (Wildman–Crippen LogP) is 1.20. The van der Waals surface area contributed by atoms with E-state index in [1.165, 1.54) is 0 Å². The van der Waals surface area contributed by atoms with E-state index >= 15 is 0 Å². The maximum atomic E-state index is 5.53. The molecule has 0 unspecified atom stereocenters. The maximum Gasteiger partial charge on any atom is 0.163 e. The van der Waals surface area contributed by atoms with E-state index in [9.17, 15) is 0 Å². The normalized spacial score (nSPS) is 13.4. The summed E-state index contributed by atoms with van der Waals surface area (Å²) in [4.78, 5) is 0. The molecule has 6 nitrogen and oxygen atoms in total. The molecular weight excluding hydrogens is 232 g/mol. The lowest BCUT2D eigenvalue weighted by Crippen LogP contribution is -2.15. The Morgan fingerprint density at radius 3 is 2.89 bits per heavy atom. The number of fused-ring (bicyclic) bond motifs is 1. The molecule has 2 aromatic rings. The largest absolute Gasteiger partial charge is 0.486 e. The van der Waals surface area contributed by atoms with Gasteiger partial charge in [-0.25, -0.2) is 0 Å². The van der Waals surface area contributed by atoms with Crippen LogP contribution in [0.25, 0.3) is 0 Å². The molecule has 18 heavy (non-hydrogen) atoms. The van der Waals surface area contributed by atoms with Gasteiger partial charge in [-0.1, -0.05) is 0 Å². The van der Waals surface area contributed by atoms with Crippen LogP contribution in [0.15, 0.2) is 24.5 Å². The number of anilines is 1. The SMILES string of the molecule is Cn1cnnc1CNc1ccc2c(c1)OCCO2. The van der Waals surface area contributed by atoms with E-state index in [1.54, 1.807) is 6.33 Å². The second kappa shape index (κ2) is 4.56. The van der Waals surface area contributed by atoms with Gasteiger partial charge in [-0.2, -0.15) is 0 Å². The fraction of sp³-hybridized carbons (Fsp3) is 0.333. The lowest BCUT2D eigenvalue weighted by atomic mass is 10.2. The molecule has 1 aromatic carbocycles. The molecule has 1 aliphatic heterocycles. The summed E-state index contributed by atoms with van der Waals surface area (Å²) in [5.41, 5.74) is 0.974. The van der Waals surface area contributed by atoms with E-state index in [0.29, 0.717) is 19.8 Å². The molecule has 3 rings (SSSR count). The van der Waals surface area contributed by atoms with Gasteiger partial charge in [0.05, 0.1) is 6.54 Å². The quantitative estimate of drug-likeness (QED) is 0.881. The summed E-state index contributed by atoms with van der Waals surface area (Å²) in [6.45, 7) is 1.83. The van der Waals surface area contributed by atoms with Gasteiger partial charge < -0.3 is 19.4 Å². The van der Waals surface area contributed by atoms with E-state index in [-0.39, 0.29) is 0 Å². The Hall–Kier alpha value is -2.24. The van der Waals surface area contributed by atoms with E-state index < -0.39 is 0 Å². The minimum absolute atomic E-state index is 0.597. The van der Waals surface area contributed by atoms with Gasteiger partial charge in [-0.15, -0.1) is 10.2 Å².